The fourth-order valence-corrected chi connectivity index (χ4v) is 7.62. The topological polar surface area (TPSA) is 80.6 Å². The molecule has 8 nitrogen and oxygen atoms in total. The van der Waals surface area contributed by atoms with Gasteiger partial charge in [0.05, 0.1) is 11.4 Å². The Bertz CT molecular complexity index is 1970. The first-order valence-electron chi connectivity index (χ1n) is 15.5. The predicted molar refractivity (Wildman–Crippen MR) is 178 cm³/mol. The highest BCUT2D eigenvalue weighted by Gasteiger charge is 2.46. The van der Waals surface area contributed by atoms with E-state index < -0.39 is 5.69 Å². The summed E-state index contributed by atoms with van der Waals surface area (Å²) in [6.07, 6.45) is 4.90. The van der Waals surface area contributed by atoms with Crippen molar-refractivity contribution in [2.24, 2.45) is 5.41 Å². The third kappa shape index (κ3) is 4.58. The van der Waals surface area contributed by atoms with Gasteiger partial charge in [0.15, 0.2) is 5.75 Å². The van der Waals surface area contributed by atoms with E-state index in [1.807, 2.05) is 36.9 Å². The molecule has 5 heterocycles. The van der Waals surface area contributed by atoms with Crippen LogP contribution in [0, 0.1) is 25.1 Å². The molecule has 0 aliphatic carbocycles. The zero-order chi connectivity index (χ0) is 31.8. The molecule has 2 fully saturated rings. The molecule has 10 heteroatoms. The van der Waals surface area contributed by atoms with E-state index in [4.69, 9.17) is 9.72 Å². The van der Waals surface area contributed by atoms with E-state index in [2.05, 4.69) is 39.6 Å². The number of anilines is 1. The van der Waals surface area contributed by atoms with E-state index in [1.165, 1.54) is 6.08 Å². The number of aromatic nitrogens is 3. The van der Waals surface area contributed by atoms with Crippen molar-refractivity contribution >= 4 is 37.2 Å². The minimum atomic E-state index is -0.428. The molecule has 0 radical (unpaired) electrons. The Labute approximate surface area is 264 Å². The molecule has 3 aliphatic heterocycles. The van der Waals surface area contributed by atoms with E-state index in [0.29, 0.717) is 52.3 Å². The number of fused-ring (bicyclic) bond motifs is 5. The molecule has 0 saturated carbocycles. The van der Waals surface area contributed by atoms with Crippen molar-refractivity contribution < 1.29 is 13.9 Å². The highest BCUT2D eigenvalue weighted by atomic mass is 31.0. The van der Waals surface area contributed by atoms with Gasteiger partial charge in [-0.05, 0) is 61.9 Å². The Kier molecular flexibility index (Phi) is 7.08. The van der Waals surface area contributed by atoms with Crippen LogP contribution in [0.3, 0.4) is 0 Å². The molecule has 1 unspecified atom stereocenters. The zero-order valence-corrected chi connectivity index (χ0v) is 27.3. The van der Waals surface area contributed by atoms with Crippen LogP contribution >= 0.6 is 9.24 Å². The largest absolute Gasteiger partial charge is 0.486 e. The number of likely N-dealkylation sites (tertiary alicyclic amines) is 1. The summed E-state index contributed by atoms with van der Waals surface area (Å²) < 4.78 is 24.0. The average Bonchev–Trinajstić information content (AvgIpc) is 3.01. The zero-order valence-electron chi connectivity index (χ0n) is 26.1. The number of aryl methyl sites for hydroxylation is 2. The summed E-state index contributed by atoms with van der Waals surface area (Å²) in [6.45, 7) is 14.7. The van der Waals surface area contributed by atoms with E-state index in [1.54, 1.807) is 16.8 Å². The van der Waals surface area contributed by atoms with Gasteiger partial charge in [0, 0.05) is 65.2 Å². The first-order valence-corrected chi connectivity index (χ1v) is 16.0. The Morgan fingerprint density at radius 3 is 2.56 bits per heavy atom. The number of nitrogens with zero attached hydrogens (tertiary/aromatic N) is 5. The van der Waals surface area contributed by atoms with Gasteiger partial charge in [0.1, 0.15) is 23.8 Å². The first-order chi connectivity index (χ1) is 21.5. The van der Waals surface area contributed by atoms with Crippen LogP contribution in [0.5, 0.6) is 5.75 Å². The maximum Gasteiger partial charge on any atom is 0.354 e. The predicted octanol–water partition coefficient (Wildman–Crippen LogP) is 5.33. The maximum atomic E-state index is 15.9. The maximum absolute atomic E-state index is 15.9. The molecule has 1 atom stereocenters. The number of rotatable bonds is 4. The Morgan fingerprint density at radius 2 is 1.87 bits per heavy atom. The van der Waals surface area contributed by atoms with Crippen LogP contribution in [0.15, 0.2) is 47.9 Å². The second-order valence-electron chi connectivity index (χ2n) is 13.0. The molecule has 7 rings (SSSR count). The third-order valence-electron chi connectivity index (χ3n) is 9.78. The molecule has 2 aromatic carbocycles. The van der Waals surface area contributed by atoms with Gasteiger partial charge < -0.3 is 14.5 Å². The van der Waals surface area contributed by atoms with Gasteiger partial charge in [-0.3, -0.25) is 14.3 Å². The number of pyridine rings is 1. The van der Waals surface area contributed by atoms with Gasteiger partial charge in [0.25, 0.3) is 0 Å². The molecular weight excluding hydrogens is 588 g/mol. The molecule has 1 amide bonds. The number of halogens is 1. The fourth-order valence-electron chi connectivity index (χ4n) is 7.38. The lowest BCUT2D eigenvalue weighted by Crippen LogP contribution is -2.61. The minimum absolute atomic E-state index is 0.0298. The molecule has 0 N–H and O–H groups in total. The minimum Gasteiger partial charge on any atom is -0.486 e. The van der Waals surface area contributed by atoms with Crippen LogP contribution in [-0.2, 0) is 11.4 Å². The van der Waals surface area contributed by atoms with Crippen LogP contribution in [0.1, 0.15) is 55.0 Å². The molecule has 0 bridgehead atoms. The van der Waals surface area contributed by atoms with E-state index in [0.717, 1.165) is 53.7 Å². The second-order valence-corrected chi connectivity index (χ2v) is 13.7. The van der Waals surface area contributed by atoms with E-state index in [-0.39, 0.29) is 29.7 Å². The van der Waals surface area contributed by atoms with Crippen molar-refractivity contribution in [3.63, 3.8) is 0 Å². The lowest BCUT2D eigenvalue weighted by atomic mass is 9.72. The summed E-state index contributed by atoms with van der Waals surface area (Å²) in [5, 5.41) is 1.26. The van der Waals surface area contributed by atoms with Gasteiger partial charge in [0.2, 0.25) is 5.91 Å². The van der Waals surface area contributed by atoms with Gasteiger partial charge in [-0.15, -0.1) is 9.24 Å². The van der Waals surface area contributed by atoms with Crippen molar-refractivity contribution in [3.05, 3.63) is 81.8 Å². The molecule has 232 valence electrons. The SMILES string of the molecule is C=CC(=O)N1CC2(CCN(c3nc(=O)n(-c4c(C)ccnc4C(C)C)c4c5c(c(C)cc34)-c3c(ccc(P)c3F)CO5)CC2)C1. The van der Waals surface area contributed by atoms with Crippen molar-refractivity contribution in [1.29, 1.82) is 0 Å². The fraction of sp³-hybridized carbons (Fsp3) is 0.371. The summed E-state index contributed by atoms with van der Waals surface area (Å²) in [5.74, 6) is 0.788. The monoisotopic (exact) mass is 625 g/mol. The number of carbonyl (C=O) groups excluding carboxylic acids is 1. The first kappa shape index (κ1) is 29.6. The highest BCUT2D eigenvalue weighted by molar-refractivity contribution is 7.27. The number of carbonyl (C=O) groups is 1. The summed E-state index contributed by atoms with van der Waals surface area (Å²) in [4.78, 5) is 39.9. The van der Waals surface area contributed by atoms with Gasteiger partial charge in [-0.2, -0.15) is 4.98 Å². The number of amides is 1. The van der Waals surface area contributed by atoms with Gasteiger partial charge in [-0.25, -0.2) is 9.18 Å². The quantitative estimate of drug-likeness (QED) is 0.225. The number of hydrogen-bond donors (Lipinski definition) is 0. The number of ether oxygens (including phenoxy) is 1. The lowest BCUT2D eigenvalue weighted by Gasteiger charge is -2.54. The highest BCUT2D eigenvalue weighted by Crippen LogP contribution is 2.48. The van der Waals surface area contributed by atoms with Crippen molar-refractivity contribution in [2.75, 3.05) is 31.1 Å². The molecule has 2 saturated heterocycles. The van der Waals surface area contributed by atoms with Crippen molar-refractivity contribution in [2.45, 2.75) is 53.1 Å². The molecule has 4 aromatic rings. The standard InChI is InChI=1S/C35H37FN5O3P/c1-6-25(42)40-17-35(18-40)10-13-39(14-11-35)33-23-15-21(5)26-27-22(7-8-24(45)28(27)36)16-44-32(26)31(23)41(34(43)38-33)30-20(4)9-12-37-29(30)19(2)3/h6-9,12,15,19H,1,10-11,13-14,16-18,45H2,2-5H3. The van der Waals surface area contributed by atoms with Crippen LogP contribution in [-0.4, -0.2) is 51.5 Å². The molecule has 2 aromatic heterocycles. The van der Waals surface area contributed by atoms with Gasteiger partial charge >= 0.3 is 5.69 Å². The average molecular weight is 626 g/mol. The second kappa shape index (κ2) is 10.8. The van der Waals surface area contributed by atoms with Crippen LogP contribution < -0.4 is 20.6 Å². The third-order valence-corrected chi connectivity index (χ3v) is 10.2. The van der Waals surface area contributed by atoms with Crippen molar-refractivity contribution in [3.8, 4) is 22.6 Å². The summed E-state index contributed by atoms with van der Waals surface area (Å²) in [7, 11) is 2.48. The normalized spacial score (nSPS) is 16.8. The van der Waals surface area contributed by atoms with Crippen LogP contribution in [0.2, 0.25) is 0 Å². The van der Waals surface area contributed by atoms with E-state index in [9.17, 15) is 9.59 Å². The van der Waals surface area contributed by atoms with E-state index >= 15 is 4.39 Å². The molecule has 45 heavy (non-hydrogen) atoms. The Morgan fingerprint density at radius 1 is 1.13 bits per heavy atom. The number of piperidine rings is 1. The molecule has 1 spiro atoms. The van der Waals surface area contributed by atoms with Crippen LogP contribution in [0.25, 0.3) is 27.7 Å². The summed E-state index contributed by atoms with van der Waals surface area (Å²) in [6, 6.07) is 7.56. The molecule has 3 aliphatic rings. The summed E-state index contributed by atoms with van der Waals surface area (Å²) >= 11 is 0. The Hall–Kier alpha value is -4.10. The Balaban J connectivity index is 1.45. The lowest BCUT2D eigenvalue weighted by molar-refractivity contribution is -0.139. The molecular formula is C35H37FN5O3P. The number of benzene rings is 2. The smallest absolute Gasteiger partial charge is 0.354 e. The summed E-state index contributed by atoms with van der Waals surface area (Å²) in [5.41, 5.74) is 5.35. The van der Waals surface area contributed by atoms with Gasteiger partial charge in [-0.1, -0.05) is 32.6 Å². The van der Waals surface area contributed by atoms with Crippen LogP contribution in [0.4, 0.5) is 10.2 Å². The van der Waals surface area contributed by atoms with Crippen molar-refractivity contribution in [1.82, 2.24) is 19.4 Å². The number of hydrogen-bond acceptors (Lipinski definition) is 6.